The Kier molecular flexibility index (Phi) is 11.9. The Morgan fingerprint density at radius 1 is 0.963 bits per heavy atom. The van der Waals surface area contributed by atoms with Crippen LogP contribution in [0.5, 0.6) is 0 Å². The SMILES string of the molecule is C=C(/C=C/C1=C(c2ccc(CN=N)cc2)C(=C/C=C2/N(CCCC)c3ccc(S(=O)(=O)O)cc3C2(C)C)/CCC1)C(C)(C)c1cc(S(=O)(=O)O)ccc1C. The van der Waals surface area contributed by atoms with Gasteiger partial charge >= 0.3 is 0 Å². The monoisotopic (exact) mass is 769 g/mol. The summed E-state index contributed by atoms with van der Waals surface area (Å²) in [6, 6.07) is 17.6. The first kappa shape index (κ1) is 40.8. The predicted molar refractivity (Wildman–Crippen MR) is 216 cm³/mol. The van der Waals surface area contributed by atoms with Crippen molar-refractivity contribution in [1.29, 1.82) is 5.53 Å². The Morgan fingerprint density at radius 2 is 1.61 bits per heavy atom. The van der Waals surface area contributed by atoms with E-state index in [1.165, 1.54) is 18.2 Å². The van der Waals surface area contributed by atoms with E-state index in [2.05, 4.69) is 67.7 Å². The Labute approximate surface area is 320 Å². The molecule has 1 aliphatic carbocycles. The van der Waals surface area contributed by atoms with Crippen molar-refractivity contribution in [3.8, 4) is 0 Å². The molecule has 0 fully saturated rings. The van der Waals surface area contributed by atoms with E-state index >= 15 is 0 Å². The van der Waals surface area contributed by atoms with Crippen LogP contribution in [0.2, 0.25) is 0 Å². The summed E-state index contributed by atoms with van der Waals surface area (Å²) in [5, 5.41) is 3.55. The van der Waals surface area contributed by atoms with E-state index in [9.17, 15) is 25.9 Å². The second-order valence-corrected chi connectivity index (χ2v) is 18.1. The first-order valence-electron chi connectivity index (χ1n) is 18.2. The van der Waals surface area contributed by atoms with Crippen molar-refractivity contribution < 1.29 is 25.9 Å². The zero-order valence-electron chi connectivity index (χ0n) is 32.0. The minimum Gasteiger partial charge on any atom is -0.344 e. The molecule has 3 aromatic carbocycles. The number of unbranched alkanes of at least 4 members (excludes halogenated alkanes) is 1. The molecular formula is C43H51N3O6S2. The van der Waals surface area contributed by atoms with Crippen molar-refractivity contribution in [3.05, 3.63) is 142 Å². The van der Waals surface area contributed by atoms with E-state index in [0.717, 1.165) is 100 Å². The average Bonchev–Trinajstić information content (AvgIpc) is 3.32. The van der Waals surface area contributed by atoms with Crippen LogP contribution in [-0.4, -0.2) is 32.5 Å². The molecule has 2 aliphatic rings. The van der Waals surface area contributed by atoms with Crippen molar-refractivity contribution >= 4 is 31.5 Å². The molecule has 1 aliphatic heterocycles. The fraction of sp³-hybridized carbons (Fsp3) is 0.349. The van der Waals surface area contributed by atoms with Crippen LogP contribution in [-0.2, 0) is 37.6 Å². The molecule has 0 aromatic heterocycles. The summed E-state index contributed by atoms with van der Waals surface area (Å²) >= 11 is 0. The summed E-state index contributed by atoms with van der Waals surface area (Å²) in [6.45, 7) is 17.7. The highest BCUT2D eigenvalue weighted by atomic mass is 32.2. The number of aryl methyl sites for hydroxylation is 1. The maximum absolute atomic E-state index is 12.1. The highest BCUT2D eigenvalue weighted by molar-refractivity contribution is 7.86. The van der Waals surface area contributed by atoms with Gasteiger partial charge in [0.05, 0.1) is 16.3 Å². The Bertz CT molecular complexity index is 2310. The van der Waals surface area contributed by atoms with E-state index < -0.39 is 31.1 Å². The molecule has 0 saturated carbocycles. The summed E-state index contributed by atoms with van der Waals surface area (Å²) in [5.74, 6) is 0. The van der Waals surface area contributed by atoms with E-state index in [4.69, 9.17) is 5.53 Å². The number of rotatable bonds is 13. The smallest absolute Gasteiger partial charge is 0.294 e. The van der Waals surface area contributed by atoms with Gasteiger partial charge in [0.2, 0.25) is 0 Å². The lowest BCUT2D eigenvalue weighted by Crippen LogP contribution is -2.27. The largest absolute Gasteiger partial charge is 0.344 e. The molecule has 0 spiro atoms. The third-order valence-electron chi connectivity index (χ3n) is 10.8. The van der Waals surface area contributed by atoms with Gasteiger partial charge in [-0.25, -0.2) is 5.53 Å². The number of nitrogens with one attached hydrogen (secondary N) is 1. The molecular weight excluding hydrogens is 719 g/mol. The molecule has 11 heteroatoms. The Hall–Kier alpha value is -4.42. The van der Waals surface area contributed by atoms with E-state index in [1.54, 1.807) is 18.2 Å². The highest BCUT2D eigenvalue weighted by Gasteiger charge is 2.40. The van der Waals surface area contributed by atoms with Gasteiger partial charge in [0.15, 0.2) is 0 Å². The molecule has 0 bridgehead atoms. The van der Waals surface area contributed by atoms with Crippen molar-refractivity contribution in [1.82, 2.24) is 0 Å². The molecule has 0 unspecified atom stereocenters. The van der Waals surface area contributed by atoms with E-state index in [1.807, 2.05) is 39.0 Å². The molecule has 5 rings (SSSR count). The number of nitrogens with zero attached hydrogens (tertiary/aromatic N) is 2. The van der Waals surface area contributed by atoms with Crippen LogP contribution in [0.4, 0.5) is 5.69 Å². The van der Waals surface area contributed by atoms with Crippen molar-refractivity contribution in [2.24, 2.45) is 5.11 Å². The summed E-state index contributed by atoms with van der Waals surface area (Å²) in [4.78, 5) is 1.99. The third kappa shape index (κ3) is 8.44. The van der Waals surface area contributed by atoms with Crippen LogP contribution in [0, 0.1) is 12.5 Å². The number of fused-ring (bicyclic) bond motifs is 1. The van der Waals surface area contributed by atoms with Crippen LogP contribution < -0.4 is 4.90 Å². The van der Waals surface area contributed by atoms with E-state index in [0.29, 0.717) is 6.54 Å². The minimum absolute atomic E-state index is 0.119. The first-order chi connectivity index (χ1) is 25.3. The maximum Gasteiger partial charge on any atom is 0.294 e. The van der Waals surface area contributed by atoms with Gasteiger partial charge in [-0.05, 0) is 119 Å². The summed E-state index contributed by atoms with van der Waals surface area (Å²) in [7, 11) is -8.75. The second-order valence-electron chi connectivity index (χ2n) is 15.2. The molecule has 286 valence electrons. The molecule has 0 saturated heterocycles. The van der Waals surface area contributed by atoms with Crippen LogP contribution >= 0.6 is 0 Å². The number of benzene rings is 3. The van der Waals surface area contributed by atoms with Gasteiger partial charge in [-0.2, -0.15) is 21.9 Å². The molecule has 9 nitrogen and oxygen atoms in total. The normalized spacial score (nSPS) is 17.8. The van der Waals surface area contributed by atoms with Crippen LogP contribution in [0.3, 0.4) is 0 Å². The third-order valence-corrected chi connectivity index (χ3v) is 12.5. The average molecular weight is 770 g/mol. The topological polar surface area (TPSA) is 148 Å². The highest BCUT2D eigenvalue weighted by Crippen LogP contribution is 2.49. The number of allylic oxidation sites excluding steroid dienone is 9. The van der Waals surface area contributed by atoms with Crippen molar-refractivity contribution in [3.63, 3.8) is 0 Å². The van der Waals surface area contributed by atoms with Crippen LogP contribution in [0.15, 0.2) is 129 Å². The van der Waals surface area contributed by atoms with Gasteiger partial charge in [-0.3, -0.25) is 9.11 Å². The molecule has 54 heavy (non-hydrogen) atoms. The molecule has 0 atom stereocenters. The quantitative estimate of drug-likeness (QED) is 0.0890. The molecule has 3 aromatic rings. The summed E-state index contributed by atoms with van der Waals surface area (Å²) in [6.07, 6.45) is 13.0. The fourth-order valence-electron chi connectivity index (χ4n) is 7.57. The lowest BCUT2D eigenvalue weighted by molar-refractivity contribution is 0.480. The molecule has 3 N–H and O–H groups in total. The maximum atomic E-state index is 12.1. The van der Waals surface area contributed by atoms with Gasteiger partial charge in [0, 0.05) is 28.8 Å². The molecule has 0 radical (unpaired) electrons. The predicted octanol–water partition coefficient (Wildman–Crippen LogP) is 10.5. The van der Waals surface area contributed by atoms with Crippen LogP contribution in [0.1, 0.15) is 94.5 Å². The number of hydrogen-bond acceptors (Lipinski definition) is 7. The Morgan fingerprint density at radius 3 is 2.24 bits per heavy atom. The van der Waals surface area contributed by atoms with Gasteiger partial charge in [0.25, 0.3) is 20.2 Å². The lowest BCUT2D eigenvalue weighted by atomic mass is 9.75. The van der Waals surface area contributed by atoms with E-state index in [-0.39, 0.29) is 9.79 Å². The fourth-order valence-corrected chi connectivity index (χ4v) is 8.58. The van der Waals surface area contributed by atoms with Gasteiger partial charge < -0.3 is 4.90 Å². The minimum atomic E-state index is -4.38. The lowest BCUT2D eigenvalue weighted by Gasteiger charge is -2.29. The van der Waals surface area contributed by atoms with Gasteiger partial charge in [-0.15, -0.1) is 0 Å². The molecule has 0 amide bonds. The number of anilines is 1. The summed E-state index contributed by atoms with van der Waals surface area (Å²) < 4.78 is 67.8. The summed E-state index contributed by atoms with van der Waals surface area (Å²) in [5.41, 5.74) is 16.7. The van der Waals surface area contributed by atoms with Gasteiger partial charge in [0.1, 0.15) is 0 Å². The standard InChI is InChI=1S/C43H51N3O6S2/c1-8-9-25-46-39-23-22-36(54(50,51)52)27-38(39)43(6,7)40(46)24-20-33-12-10-11-32(41(33)34-18-15-31(16-19-34)28-45-44)17-14-30(3)42(4,5)37-26-35(53(47,48)49)21-13-29(37)2/h13-24,26-27,44H,3,8-12,25,28H2,1-2,4-7H3,(H,47,48,49)(H,50,51,52)/b17-14+,33-20+,40-24+,45-44?. The van der Waals surface area contributed by atoms with Crippen LogP contribution in [0.25, 0.3) is 5.57 Å². The first-order valence-corrected chi connectivity index (χ1v) is 21.1. The zero-order chi connectivity index (χ0) is 39.6. The van der Waals surface area contributed by atoms with Crippen molar-refractivity contribution in [2.75, 3.05) is 11.4 Å². The number of hydrogen-bond donors (Lipinski definition) is 3. The van der Waals surface area contributed by atoms with Crippen molar-refractivity contribution in [2.45, 2.75) is 101 Å². The Balaban J connectivity index is 1.62. The molecule has 1 heterocycles. The second kappa shape index (κ2) is 15.7. The van der Waals surface area contributed by atoms with Gasteiger partial charge in [-0.1, -0.05) is 96.2 Å². The zero-order valence-corrected chi connectivity index (χ0v) is 33.6.